The number of hydrogen-bond donors (Lipinski definition) is 2. The third-order valence-corrected chi connectivity index (χ3v) is 2.79. The van der Waals surface area contributed by atoms with Gasteiger partial charge in [0.15, 0.2) is 11.5 Å². The second kappa shape index (κ2) is 5.75. The smallest absolute Gasteiger partial charge is 0.229 e. The topological polar surface area (TPSA) is 57.5 Å². The van der Waals surface area contributed by atoms with Gasteiger partial charge in [-0.15, -0.1) is 0 Å². The molecule has 1 atom stereocenters. The van der Waals surface area contributed by atoms with Crippen LogP contribution in [0, 0.1) is 0 Å². The molecule has 0 aliphatic heterocycles. The van der Waals surface area contributed by atoms with Gasteiger partial charge < -0.3 is 10.2 Å². The van der Waals surface area contributed by atoms with Gasteiger partial charge in [0.2, 0.25) is 5.24 Å². The van der Waals surface area contributed by atoms with E-state index in [0.29, 0.717) is 12.0 Å². The molecule has 0 heterocycles. The minimum absolute atomic E-state index is 0.194. The molecule has 1 rings (SSSR count). The first-order valence-electron chi connectivity index (χ1n) is 5.27. The van der Waals surface area contributed by atoms with Gasteiger partial charge >= 0.3 is 0 Å². The number of carbonyl (C=O) groups is 1. The number of hydrogen-bond acceptors (Lipinski definition) is 3. The van der Waals surface area contributed by atoms with E-state index in [9.17, 15) is 15.0 Å². The molecule has 16 heavy (non-hydrogen) atoms. The molecule has 0 aliphatic rings. The maximum absolute atomic E-state index is 11.3. The van der Waals surface area contributed by atoms with E-state index in [0.717, 1.165) is 12.8 Å². The Morgan fingerprint density at radius 3 is 2.56 bits per heavy atom. The van der Waals surface area contributed by atoms with Crippen LogP contribution >= 0.6 is 11.6 Å². The number of benzene rings is 1. The Kier molecular flexibility index (Phi) is 4.62. The Labute approximate surface area is 99.7 Å². The third-order valence-electron chi connectivity index (χ3n) is 2.52. The largest absolute Gasteiger partial charge is 0.504 e. The Morgan fingerprint density at radius 1 is 1.38 bits per heavy atom. The molecule has 0 aliphatic carbocycles. The molecular formula is C12H15ClO3. The highest BCUT2D eigenvalue weighted by Crippen LogP contribution is 2.31. The number of aromatic hydroxyl groups is 2. The van der Waals surface area contributed by atoms with Gasteiger partial charge in [-0.1, -0.05) is 25.8 Å². The van der Waals surface area contributed by atoms with Crippen molar-refractivity contribution in [2.24, 2.45) is 0 Å². The van der Waals surface area contributed by atoms with Crippen LogP contribution in [0.25, 0.3) is 0 Å². The van der Waals surface area contributed by atoms with E-state index in [1.54, 1.807) is 6.07 Å². The fourth-order valence-corrected chi connectivity index (χ4v) is 1.81. The summed E-state index contributed by atoms with van der Waals surface area (Å²) in [6.45, 7) is 2.03. The van der Waals surface area contributed by atoms with Crippen molar-refractivity contribution in [3.8, 4) is 11.5 Å². The van der Waals surface area contributed by atoms with Gasteiger partial charge in [-0.05, 0) is 35.7 Å². The molecule has 2 N–H and O–H groups in total. The Bertz CT molecular complexity index is 377. The quantitative estimate of drug-likeness (QED) is 0.616. The lowest BCUT2D eigenvalue weighted by Crippen LogP contribution is -2.06. The number of carbonyl (C=O) groups excluding carboxylic acids is 1. The molecule has 0 saturated heterocycles. The van der Waals surface area contributed by atoms with Crippen LogP contribution in [-0.4, -0.2) is 15.5 Å². The van der Waals surface area contributed by atoms with Crippen LogP contribution < -0.4 is 0 Å². The zero-order valence-corrected chi connectivity index (χ0v) is 9.87. The van der Waals surface area contributed by atoms with Crippen LogP contribution in [0.2, 0.25) is 0 Å². The SMILES string of the molecule is CCCCC(C(=O)Cl)c1ccc(O)c(O)c1. The van der Waals surface area contributed by atoms with Gasteiger partial charge in [-0.2, -0.15) is 0 Å². The Balaban J connectivity index is 2.92. The zero-order valence-electron chi connectivity index (χ0n) is 9.11. The van der Waals surface area contributed by atoms with Crippen LogP contribution in [0.4, 0.5) is 0 Å². The van der Waals surface area contributed by atoms with Crippen molar-refractivity contribution >= 4 is 16.8 Å². The number of rotatable bonds is 5. The number of halogens is 1. The average Bonchev–Trinajstić information content (AvgIpc) is 2.23. The molecule has 0 bridgehead atoms. The van der Waals surface area contributed by atoms with Crippen molar-refractivity contribution in [2.75, 3.05) is 0 Å². The molecule has 0 fully saturated rings. The predicted molar refractivity (Wildman–Crippen MR) is 62.9 cm³/mol. The van der Waals surface area contributed by atoms with Crippen molar-refractivity contribution in [1.82, 2.24) is 0 Å². The molecule has 3 nitrogen and oxygen atoms in total. The molecule has 88 valence electrons. The molecule has 0 saturated carbocycles. The van der Waals surface area contributed by atoms with E-state index in [1.165, 1.54) is 12.1 Å². The van der Waals surface area contributed by atoms with Crippen molar-refractivity contribution in [3.05, 3.63) is 23.8 Å². The van der Waals surface area contributed by atoms with Gasteiger partial charge in [-0.3, -0.25) is 4.79 Å². The molecule has 1 aromatic rings. The summed E-state index contributed by atoms with van der Waals surface area (Å²) in [6, 6.07) is 4.36. The molecule has 1 aromatic carbocycles. The van der Waals surface area contributed by atoms with E-state index in [1.807, 2.05) is 6.92 Å². The van der Waals surface area contributed by atoms with E-state index < -0.39 is 11.2 Å². The van der Waals surface area contributed by atoms with Crippen LogP contribution in [0.15, 0.2) is 18.2 Å². The molecule has 0 aromatic heterocycles. The summed E-state index contributed by atoms with van der Waals surface area (Å²) in [5.41, 5.74) is 0.642. The fourth-order valence-electron chi connectivity index (χ4n) is 1.58. The average molecular weight is 243 g/mol. The van der Waals surface area contributed by atoms with E-state index >= 15 is 0 Å². The zero-order chi connectivity index (χ0) is 12.1. The van der Waals surface area contributed by atoms with Crippen molar-refractivity contribution in [1.29, 1.82) is 0 Å². The number of phenols is 2. The molecule has 1 unspecified atom stereocenters. The lowest BCUT2D eigenvalue weighted by atomic mass is 9.94. The second-order valence-electron chi connectivity index (χ2n) is 3.75. The van der Waals surface area contributed by atoms with Crippen LogP contribution in [0.5, 0.6) is 11.5 Å². The monoisotopic (exact) mass is 242 g/mol. The summed E-state index contributed by atoms with van der Waals surface area (Å²) in [6.07, 6.45) is 2.53. The Hall–Kier alpha value is -1.22. The van der Waals surface area contributed by atoms with Crippen LogP contribution in [0.3, 0.4) is 0 Å². The summed E-state index contributed by atoms with van der Waals surface area (Å²) in [5.74, 6) is -0.829. The molecule has 4 heteroatoms. The van der Waals surface area contributed by atoms with E-state index in [4.69, 9.17) is 11.6 Å². The van der Waals surface area contributed by atoms with Gasteiger partial charge in [-0.25, -0.2) is 0 Å². The number of unbranched alkanes of at least 4 members (excludes halogenated alkanes) is 1. The molecule has 0 spiro atoms. The summed E-state index contributed by atoms with van der Waals surface area (Å²) < 4.78 is 0. The van der Waals surface area contributed by atoms with Crippen LogP contribution in [-0.2, 0) is 4.79 Å². The normalized spacial score (nSPS) is 12.4. The van der Waals surface area contributed by atoms with Gasteiger partial charge in [0, 0.05) is 0 Å². The predicted octanol–water partition coefficient (Wildman–Crippen LogP) is 3.14. The summed E-state index contributed by atoms with van der Waals surface area (Å²) >= 11 is 5.52. The van der Waals surface area contributed by atoms with Gasteiger partial charge in [0.05, 0.1) is 5.92 Å². The first kappa shape index (κ1) is 12.8. The molecule has 0 amide bonds. The van der Waals surface area contributed by atoms with E-state index in [2.05, 4.69) is 0 Å². The van der Waals surface area contributed by atoms with Crippen molar-refractivity contribution in [2.45, 2.75) is 32.1 Å². The summed E-state index contributed by atoms with van der Waals surface area (Å²) in [7, 11) is 0. The minimum Gasteiger partial charge on any atom is -0.504 e. The second-order valence-corrected chi connectivity index (χ2v) is 4.12. The highest BCUT2D eigenvalue weighted by molar-refractivity contribution is 6.64. The molecular weight excluding hydrogens is 228 g/mol. The fraction of sp³-hybridized carbons (Fsp3) is 0.417. The third kappa shape index (κ3) is 3.14. The lowest BCUT2D eigenvalue weighted by molar-refractivity contribution is -0.113. The van der Waals surface area contributed by atoms with Gasteiger partial charge in [0.25, 0.3) is 0 Å². The maximum Gasteiger partial charge on any atom is 0.229 e. The minimum atomic E-state index is -0.432. The van der Waals surface area contributed by atoms with Crippen molar-refractivity contribution in [3.63, 3.8) is 0 Å². The Morgan fingerprint density at radius 2 is 2.06 bits per heavy atom. The van der Waals surface area contributed by atoms with Gasteiger partial charge in [0.1, 0.15) is 0 Å². The first-order chi connectivity index (χ1) is 7.56. The maximum atomic E-state index is 11.3. The molecule has 0 radical (unpaired) electrons. The van der Waals surface area contributed by atoms with Crippen molar-refractivity contribution < 1.29 is 15.0 Å². The highest BCUT2D eigenvalue weighted by Gasteiger charge is 2.19. The first-order valence-corrected chi connectivity index (χ1v) is 5.65. The number of phenolic OH excluding ortho intramolecular Hbond substituents is 2. The van der Waals surface area contributed by atoms with Crippen LogP contribution in [0.1, 0.15) is 37.7 Å². The lowest BCUT2D eigenvalue weighted by Gasteiger charge is -2.13. The highest BCUT2D eigenvalue weighted by atomic mass is 35.5. The summed E-state index contributed by atoms with van der Waals surface area (Å²) in [5, 5.41) is 18.1. The van der Waals surface area contributed by atoms with E-state index in [-0.39, 0.29) is 11.5 Å². The standard InChI is InChI=1S/C12H15ClO3/c1-2-3-4-9(12(13)16)8-5-6-10(14)11(15)7-8/h5-7,9,14-15H,2-4H2,1H3. The summed E-state index contributed by atoms with van der Waals surface area (Å²) in [4.78, 5) is 11.3.